The zero-order valence-corrected chi connectivity index (χ0v) is 10.6. The molecule has 0 radical (unpaired) electrons. The van der Waals surface area contributed by atoms with Crippen LogP contribution in [0.4, 0.5) is 0 Å². The first-order valence-corrected chi connectivity index (χ1v) is 6.38. The first-order valence-electron chi connectivity index (χ1n) is 6.38. The smallest absolute Gasteiger partial charge is 0.0586 e. The molecule has 2 nitrogen and oxygen atoms in total. The molecule has 90 valence electrons. The van der Waals surface area contributed by atoms with E-state index in [2.05, 4.69) is 25.7 Å². The second-order valence-electron chi connectivity index (χ2n) is 6.03. The molecule has 1 atom stereocenters. The molecule has 1 saturated heterocycles. The molecule has 1 fully saturated rings. The van der Waals surface area contributed by atoms with Gasteiger partial charge in [-0.2, -0.15) is 0 Å². The Morgan fingerprint density at radius 3 is 2.53 bits per heavy atom. The Labute approximate surface area is 94.7 Å². The SMILES string of the molecule is CC(C)(C)CCN1CCCCCC1CO. The van der Waals surface area contributed by atoms with Crippen molar-refractivity contribution in [3.63, 3.8) is 0 Å². The van der Waals surface area contributed by atoms with Crippen LogP contribution in [-0.4, -0.2) is 35.7 Å². The van der Waals surface area contributed by atoms with E-state index in [-0.39, 0.29) is 0 Å². The third kappa shape index (κ3) is 4.98. The fourth-order valence-electron chi connectivity index (χ4n) is 2.22. The summed E-state index contributed by atoms with van der Waals surface area (Å²) in [6.07, 6.45) is 6.34. The molecule has 1 aliphatic rings. The van der Waals surface area contributed by atoms with E-state index in [9.17, 15) is 5.11 Å². The predicted molar refractivity (Wildman–Crippen MR) is 65.0 cm³/mol. The van der Waals surface area contributed by atoms with E-state index in [0.29, 0.717) is 18.1 Å². The summed E-state index contributed by atoms with van der Waals surface area (Å²) in [5, 5.41) is 9.37. The van der Waals surface area contributed by atoms with Crippen LogP contribution in [0, 0.1) is 5.41 Å². The highest BCUT2D eigenvalue weighted by Gasteiger charge is 2.21. The average Bonchev–Trinajstić information content (AvgIpc) is 2.37. The minimum Gasteiger partial charge on any atom is -0.395 e. The van der Waals surface area contributed by atoms with Gasteiger partial charge in [0, 0.05) is 6.04 Å². The quantitative estimate of drug-likeness (QED) is 0.779. The number of hydrogen-bond acceptors (Lipinski definition) is 2. The lowest BCUT2D eigenvalue weighted by Crippen LogP contribution is -2.39. The second kappa shape index (κ2) is 5.86. The molecule has 0 amide bonds. The van der Waals surface area contributed by atoms with Crippen LogP contribution in [0.25, 0.3) is 0 Å². The van der Waals surface area contributed by atoms with Crippen molar-refractivity contribution in [3.8, 4) is 0 Å². The molecule has 0 aliphatic carbocycles. The minimum absolute atomic E-state index is 0.337. The standard InChI is InChI=1S/C13H27NO/c1-13(2,3)8-10-14-9-6-4-5-7-12(14)11-15/h12,15H,4-11H2,1-3H3. The maximum atomic E-state index is 9.37. The summed E-state index contributed by atoms with van der Waals surface area (Å²) < 4.78 is 0. The van der Waals surface area contributed by atoms with Gasteiger partial charge in [0.1, 0.15) is 0 Å². The molecule has 0 aromatic heterocycles. The van der Waals surface area contributed by atoms with Crippen LogP contribution in [0.5, 0.6) is 0 Å². The molecule has 0 bridgehead atoms. The zero-order chi connectivity index (χ0) is 11.3. The fraction of sp³-hybridized carbons (Fsp3) is 1.00. The summed E-state index contributed by atoms with van der Waals surface area (Å²) in [5.74, 6) is 0. The third-order valence-electron chi connectivity index (χ3n) is 3.36. The van der Waals surface area contributed by atoms with Gasteiger partial charge in [-0.05, 0) is 37.8 Å². The van der Waals surface area contributed by atoms with Gasteiger partial charge in [-0.3, -0.25) is 4.90 Å². The van der Waals surface area contributed by atoms with Crippen molar-refractivity contribution in [2.45, 2.75) is 58.9 Å². The van der Waals surface area contributed by atoms with Crippen molar-refractivity contribution in [3.05, 3.63) is 0 Å². The predicted octanol–water partition coefficient (Wildman–Crippen LogP) is 2.66. The van der Waals surface area contributed by atoms with Gasteiger partial charge in [-0.25, -0.2) is 0 Å². The van der Waals surface area contributed by atoms with E-state index in [1.165, 1.54) is 38.6 Å². The van der Waals surface area contributed by atoms with E-state index in [4.69, 9.17) is 0 Å². The van der Waals surface area contributed by atoms with E-state index in [0.717, 1.165) is 6.54 Å². The van der Waals surface area contributed by atoms with Crippen LogP contribution < -0.4 is 0 Å². The van der Waals surface area contributed by atoms with Gasteiger partial charge in [0.25, 0.3) is 0 Å². The van der Waals surface area contributed by atoms with Crippen LogP contribution in [0.2, 0.25) is 0 Å². The van der Waals surface area contributed by atoms with E-state index >= 15 is 0 Å². The monoisotopic (exact) mass is 213 g/mol. The molecule has 15 heavy (non-hydrogen) atoms. The number of rotatable bonds is 3. The number of aliphatic hydroxyl groups is 1. The minimum atomic E-state index is 0.337. The Morgan fingerprint density at radius 2 is 1.93 bits per heavy atom. The van der Waals surface area contributed by atoms with Gasteiger partial charge in [0.05, 0.1) is 6.61 Å². The van der Waals surface area contributed by atoms with Gasteiger partial charge in [0.2, 0.25) is 0 Å². The molecule has 1 heterocycles. The average molecular weight is 213 g/mol. The van der Waals surface area contributed by atoms with Gasteiger partial charge in [0.15, 0.2) is 0 Å². The van der Waals surface area contributed by atoms with Gasteiger partial charge >= 0.3 is 0 Å². The van der Waals surface area contributed by atoms with Crippen LogP contribution in [0.15, 0.2) is 0 Å². The van der Waals surface area contributed by atoms with Gasteiger partial charge in [-0.1, -0.05) is 33.6 Å². The summed E-state index contributed by atoms with van der Waals surface area (Å²) in [7, 11) is 0. The normalized spacial score (nSPS) is 25.2. The van der Waals surface area contributed by atoms with Crippen LogP contribution in [0.1, 0.15) is 52.9 Å². The summed E-state index contributed by atoms with van der Waals surface area (Å²) >= 11 is 0. The highest BCUT2D eigenvalue weighted by molar-refractivity contribution is 4.76. The molecule has 1 unspecified atom stereocenters. The van der Waals surface area contributed by atoms with Crippen molar-refractivity contribution in [1.82, 2.24) is 4.90 Å². The molecular weight excluding hydrogens is 186 g/mol. The van der Waals surface area contributed by atoms with Crippen molar-refractivity contribution in [2.24, 2.45) is 5.41 Å². The molecule has 1 aliphatic heterocycles. The molecule has 2 heteroatoms. The second-order valence-corrected chi connectivity index (χ2v) is 6.03. The summed E-state index contributed by atoms with van der Waals surface area (Å²) in [6, 6.07) is 0.426. The highest BCUT2D eigenvalue weighted by Crippen LogP contribution is 2.22. The summed E-state index contributed by atoms with van der Waals surface area (Å²) in [5.41, 5.74) is 0.409. The summed E-state index contributed by atoms with van der Waals surface area (Å²) in [6.45, 7) is 9.54. The molecule has 0 aromatic carbocycles. The summed E-state index contributed by atoms with van der Waals surface area (Å²) in [4.78, 5) is 2.50. The number of likely N-dealkylation sites (tertiary alicyclic amines) is 1. The zero-order valence-electron chi connectivity index (χ0n) is 10.6. The van der Waals surface area contributed by atoms with E-state index < -0.39 is 0 Å². The largest absolute Gasteiger partial charge is 0.395 e. The molecule has 0 aromatic rings. The lowest BCUT2D eigenvalue weighted by Gasteiger charge is -2.31. The molecule has 0 spiro atoms. The van der Waals surface area contributed by atoms with Gasteiger partial charge in [-0.15, -0.1) is 0 Å². The molecule has 0 saturated carbocycles. The highest BCUT2D eigenvalue weighted by atomic mass is 16.3. The van der Waals surface area contributed by atoms with Crippen LogP contribution >= 0.6 is 0 Å². The van der Waals surface area contributed by atoms with Crippen LogP contribution in [-0.2, 0) is 0 Å². The molecule has 1 rings (SSSR count). The van der Waals surface area contributed by atoms with Crippen molar-refractivity contribution >= 4 is 0 Å². The van der Waals surface area contributed by atoms with Crippen molar-refractivity contribution in [2.75, 3.05) is 19.7 Å². The maximum absolute atomic E-state index is 9.37. The van der Waals surface area contributed by atoms with E-state index in [1.54, 1.807) is 0 Å². The van der Waals surface area contributed by atoms with E-state index in [1.807, 2.05) is 0 Å². The topological polar surface area (TPSA) is 23.5 Å². The Balaban J connectivity index is 2.41. The lowest BCUT2D eigenvalue weighted by atomic mass is 9.92. The van der Waals surface area contributed by atoms with Crippen molar-refractivity contribution in [1.29, 1.82) is 0 Å². The number of nitrogens with zero attached hydrogens (tertiary/aromatic N) is 1. The molecule has 1 N–H and O–H groups in total. The first-order chi connectivity index (χ1) is 7.03. The maximum Gasteiger partial charge on any atom is 0.0586 e. The molecular formula is C13H27NO. The number of hydrogen-bond donors (Lipinski definition) is 1. The first kappa shape index (κ1) is 13.0. The fourth-order valence-corrected chi connectivity index (χ4v) is 2.22. The van der Waals surface area contributed by atoms with Crippen molar-refractivity contribution < 1.29 is 5.11 Å². The third-order valence-corrected chi connectivity index (χ3v) is 3.36. The lowest BCUT2D eigenvalue weighted by molar-refractivity contribution is 0.112. The van der Waals surface area contributed by atoms with Gasteiger partial charge < -0.3 is 5.11 Å². The Morgan fingerprint density at radius 1 is 1.20 bits per heavy atom. The van der Waals surface area contributed by atoms with Crippen LogP contribution in [0.3, 0.4) is 0 Å². The number of aliphatic hydroxyl groups excluding tert-OH is 1. The Bertz CT molecular complexity index is 174. The Kier molecular flexibility index (Phi) is 5.07. The Hall–Kier alpha value is -0.0800.